The van der Waals surface area contributed by atoms with Crippen molar-refractivity contribution in [3.63, 3.8) is 0 Å². The van der Waals surface area contributed by atoms with Gasteiger partial charge in [0.1, 0.15) is 0 Å². The highest BCUT2D eigenvalue weighted by atomic mass is 127. The van der Waals surface area contributed by atoms with Gasteiger partial charge in [-0.1, -0.05) is 45.8 Å². The molecule has 0 aliphatic heterocycles. The minimum absolute atomic E-state index is 0.692. The molecule has 0 amide bonds. The zero-order chi connectivity index (χ0) is 4.99. The Bertz CT molecular complexity index is 59.8. The molecule has 36 valence electrons. The Morgan fingerprint density at radius 2 is 2.33 bits per heavy atom. The molecule has 0 atom stereocenters. The van der Waals surface area contributed by atoms with Crippen LogP contribution in [-0.4, -0.2) is 4.43 Å². The molecule has 0 saturated carbocycles. The molecular weight excluding hydrogens is 234 g/mol. The van der Waals surface area contributed by atoms with Gasteiger partial charge in [0, 0.05) is 15.0 Å². The van der Waals surface area contributed by atoms with Gasteiger partial charge in [-0.15, -0.1) is 0 Å². The summed E-state index contributed by atoms with van der Waals surface area (Å²) < 4.78 is 0.794. The third-order valence-corrected chi connectivity index (χ3v) is 2.14. The summed E-state index contributed by atoms with van der Waals surface area (Å²) in [5.41, 5.74) is 1.37. The predicted octanol–water partition coefficient (Wildman–Crippen LogP) is 2.74. The van der Waals surface area contributed by atoms with E-state index >= 15 is 0 Å². The Hall–Kier alpha value is 1.05. The fraction of sp³-hybridized carbons (Fsp3) is 0.333. The van der Waals surface area contributed by atoms with Gasteiger partial charge < -0.3 is 0 Å². The lowest BCUT2D eigenvalue weighted by Gasteiger charge is -1.78. The molecule has 0 aromatic carbocycles. The summed E-state index contributed by atoms with van der Waals surface area (Å²) in [5, 5.41) is 0.692. The molecule has 0 radical (unpaired) electrons. The van der Waals surface area contributed by atoms with Crippen LogP contribution < -0.4 is 0 Å². The molecule has 0 rings (SSSR count). The Labute approximate surface area is 60.6 Å². The van der Waals surface area contributed by atoms with Gasteiger partial charge >= 0.3 is 0 Å². The lowest BCUT2D eigenvalue weighted by atomic mass is 10.8. The van der Waals surface area contributed by atoms with Crippen LogP contribution in [0.4, 0.5) is 0 Å². The van der Waals surface area contributed by atoms with E-state index in [0.29, 0.717) is 5.03 Å². The summed E-state index contributed by atoms with van der Waals surface area (Å²) in [6, 6.07) is 0. The monoisotopic (exact) mass is 236 g/mol. The second-order valence-corrected chi connectivity index (χ2v) is 2.16. The van der Waals surface area contributed by atoms with Crippen molar-refractivity contribution in [2.24, 2.45) is 0 Å². The van der Waals surface area contributed by atoms with Crippen molar-refractivity contribution in [1.82, 2.24) is 0 Å². The minimum atomic E-state index is 0.692. The van der Waals surface area contributed by atoms with Crippen molar-refractivity contribution in [2.45, 2.75) is 0 Å². The largest absolute Gasteiger partial charge is 0.0917 e. The first-order valence-corrected chi connectivity index (χ1v) is 3.66. The maximum Gasteiger partial charge on any atom is 0.0391 e. The van der Waals surface area contributed by atoms with Crippen molar-refractivity contribution in [1.29, 1.82) is 0 Å². The van der Waals surface area contributed by atoms with E-state index in [2.05, 4.69) is 22.6 Å². The molecule has 0 N–H and O–H groups in total. The van der Waals surface area contributed by atoms with Gasteiger partial charge in [0.2, 0.25) is 0 Å². The Balaban J connectivity index is 3.22. The van der Waals surface area contributed by atoms with Gasteiger partial charge in [0.25, 0.3) is 0 Å². The highest BCUT2D eigenvalue weighted by Gasteiger charge is 1.79. The van der Waals surface area contributed by atoms with Gasteiger partial charge in [0.05, 0.1) is 0 Å². The van der Waals surface area contributed by atoms with Crippen molar-refractivity contribution in [3.8, 4) is 0 Å². The smallest absolute Gasteiger partial charge is 0.0391 e. The summed E-state index contributed by atoms with van der Waals surface area (Å²) in [5.74, 6) is 0. The highest BCUT2D eigenvalue weighted by Crippen LogP contribution is 2.05. The van der Waals surface area contributed by atoms with E-state index in [1.54, 1.807) is 0 Å². The van der Waals surface area contributed by atoms with Crippen LogP contribution in [0.3, 0.4) is 0 Å². The zero-order valence-corrected chi connectivity index (χ0v) is 6.59. The Morgan fingerprint density at radius 3 is 2.33 bits per heavy atom. The molecular formula is C3H3Cl2I. The fourth-order valence-electron chi connectivity index (χ4n) is 0.0292. The lowest BCUT2D eigenvalue weighted by molar-refractivity contribution is 1.79. The van der Waals surface area contributed by atoms with Crippen LogP contribution in [0.5, 0.6) is 0 Å². The fourth-order valence-corrected chi connectivity index (χ4v) is 0.587. The van der Waals surface area contributed by atoms with E-state index in [9.17, 15) is 0 Å². The average Bonchev–Trinajstić information content (AvgIpc) is 1.65. The molecule has 0 bridgehead atoms. The third kappa shape index (κ3) is 3.25. The highest BCUT2D eigenvalue weighted by molar-refractivity contribution is 14.1. The quantitative estimate of drug-likeness (QED) is 0.485. The summed E-state index contributed by atoms with van der Waals surface area (Å²) in [7, 11) is 0. The van der Waals surface area contributed by atoms with Crippen LogP contribution in [0.15, 0.2) is 10.6 Å². The summed E-state index contributed by atoms with van der Waals surface area (Å²) >= 11 is 12.7. The van der Waals surface area contributed by atoms with E-state index in [0.717, 1.165) is 4.43 Å². The molecule has 0 aliphatic rings. The van der Waals surface area contributed by atoms with E-state index < -0.39 is 0 Å². The Morgan fingerprint density at radius 1 is 1.83 bits per heavy atom. The lowest BCUT2D eigenvalue weighted by Crippen LogP contribution is -1.62. The normalized spacial score (nSPS) is 12.2. The van der Waals surface area contributed by atoms with E-state index in [1.807, 2.05) is 0 Å². The molecule has 0 unspecified atom stereocenters. The topological polar surface area (TPSA) is 0 Å². The first-order valence-electron chi connectivity index (χ1n) is 1.32. The second-order valence-electron chi connectivity index (χ2n) is 0.690. The van der Waals surface area contributed by atoms with Crippen LogP contribution in [0.25, 0.3) is 0 Å². The van der Waals surface area contributed by atoms with Gasteiger partial charge in [-0.05, 0) is 0 Å². The molecule has 0 spiro atoms. The summed E-state index contributed by atoms with van der Waals surface area (Å²) in [6.07, 6.45) is 0. The third-order valence-electron chi connectivity index (χ3n) is 0.246. The van der Waals surface area contributed by atoms with Crippen LogP contribution >= 0.6 is 45.8 Å². The molecule has 0 fully saturated rings. The molecule has 0 aliphatic carbocycles. The minimum Gasteiger partial charge on any atom is -0.0917 e. The predicted molar refractivity (Wildman–Crippen MR) is 38.7 cm³/mol. The maximum atomic E-state index is 5.37. The van der Waals surface area contributed by atoms with Gasteiger partial charge in [-0.2, -0.15) is 0 Å². The average molecular weight is 237 g/mol. The number of hydrogen-bond donors (Lipinski definition) is 0. The van der Waals surface area contributed by atoms with Crippen LogP contribution in [0.2, 0.25) is 0 Å². The van der Waals surface area contributed by atoms with Gasteiger partial charge in [-0.25, -0.2) is 0 Å². The summed E-state index contributed by atoms with van der Waals surface area (Å²) in [4.78, 5) is 0. The van der Waals surface area contributed by atoms with Crippen molar-refractivity contribution >= 4 is 45.8 Å². The first-order chi connectivity index (χ1) is 2.81. The van der Waals surface area contributed by atoms with Crippen LogP contribution in [-0.2, 0) is 0 Å². The molecule has 0 aromatic heterocycles. The van der Waals surface area contributed by atoms with Crippen molar-refractivity contribution in [3.05, 3.63) is 10.6 Å². The second kappa shape index (κ2) is 4.22. The van der Waals surface area contributed by atoms with E-state index in [1.165, 1.54) is 5.54 Å². The number of halogens is 3. The molecule has 6 heavy (non-hydrogen) atoms. The number of hydrogen-bond acceptors (Lipinski definition) is 0. The van der Waals surface area contributed by atoms with Gasteiger partial charge in [-0.3, -0.25) is 0 Å². The molecule has 0 saturated heterocycles. The Kier molecular flexibility index (Phi) is 4.95. The number of alkyl halides is 1. The first kappa shape index (κ1) is 7.05. The molecule has 0 heterocycles. The standard InChI is InChI=1S/C3H3Cl2I/c4-1-3(5)2-6/h1H,2H2/b3-1+. The van der Waals surface area contributed by atoms with Crippen molar-refractivity contribution < 1.29 is 0 Å². The summed E-state index contributed by atoms with van der Waals surface area (Å²) in [6.45, 7) is 0. The van der Waals surface area contributed by atoms with E-state index in [4.69, 9.17) is 23.2 Å². The van der Waals surface area contributed by atoms with Crippen LogP contribution in [0, 0.1) is 0 Å². The zero-order valence-electron chi connectivity index (χ0n) is 2.92. The SMILES string of the molecule is Cl/C=C(/Cl)CI. The van der Waals surface area contributed by atoms with Gasteiger partial charge in [0.15, 0.2) is 0 Å². The number of allylic oxidation sites excluding steroid dienone is 1. The molecule has 3 heteroatoms. The molecule has 0 nitrogen and oxygen atoms in total. The number of rotatable bonds is 1. The maximum absolute atomic E-state index is 5.37. The van der Waals surface area contributed by atoms with Crippen molar-refractivity contribution in [2.75, 3.05) is 4.43 Å². The van der Waals surface area contributed by atoms with E-state index in [-0.39, 0.29) is 0 Å². The molecule has 0 aromatic rings. The van der Waals surface area contributed by atoms with Crippen LogP contribution in [0.1, 0.15) is 0 Å².